The van der Waals surface area contributed by atoms with E-state index in [1.165, 1.54) is 12.3 Å². The topological polar surface area (TPSA) is 114 Å². The maximum atomic E-state index is 13.2. The minimum atomic E-state index is -0.912. The zero-order chi connectivity index (χ0) is 13.1. The minimum absolute atomic E-state index is 0.0694. The van der Waals surface area contributed by atoms with Crippen LogP contribution >= 0.6 is 0 Å². The summed E-state index contributed by atoms with van der Waals surface area (Å²) < 4.78 is 13.2. The van der Waals surface area contributed by atoms with Gasteiger partial charge in [0.15, 0.2) is 5.69 Å². The number of H-pyrrole nitrogens is 1. The van der Waals surface area contributed by atoms with Gasteiger partial charge in [-0.1, -0.05) is 0 Å². The number of hydrogen-bond acceptors (Lipinski definition) is 4. The van der Waals surface area contributed by atoms with E-state index < -0.39 is 17.6 Å². The Morgan fingerprint density at radius 3 is 2.78 bits per heavy atom. The molecule has 1 heterocycles. The second-order valence-electron chi connectivity index (χ2n) is 3.37. The third-order valence-electron chi connectivity index (χ3n) is 2.14. The molecule has 4 N–H and O–H groups in total. The number of nitrogens with two attached hydrogens (primary N) is 1. The molecule has 18 heavy (non-hydrogen) atoms. The summed E-state index contributed by atoms with van der Waals surface area (Å²) in [5.74, 6) is -2.20. The summed E-state index contributed by atoms with van der Waals surface area (Å²) in [5.41, 5.74) is 5.00. The van der Waals surface area contributed by atoms with Gasteiger partial charge in [0.05, 0.1) is 11.8 Å². The number of carbonyl (C=O) groups excluding carboxylic acids is 2. The van der Waals surface area contributed by atoms with Gasteiger partial charge in [0, 0.05) is 5.69 Å². The second-order valence-corrected chi connectivity index (χ2v) is 3.37. The van der Waals surface area contributed by atoms with Gasteiger partial charge >= 0.3 is 0 Å². The zero-order valence-electron chi connectivity index (χ0n) is 8.98. The average Bonchev–Trinajstić information content (AvgIpc) is 2.85. The number of primary amides is 1. The van der Waals surface area contributed by atoms with Crippen LogP contribution in [0.2, 0.25) is 0 Å². The molecule has 0 radical (unpaired) electrons. The van der Waals surface area contributed by atoms with Crippen LogP contribution in [0.1, 0.15) is 20.8 Å². The Hall–Kier alpha value is -2.77. The Balaban J connectivity index is 2.22. The number of halogens is 1. The number of hydrogen-bond donors (Lipinski definition) is 3. The highest BCUT2D eigenvalue weighted by molar-refractivity contribution is 6.03. The van der Waals surface area contributed by atoms with E-state index in [9.17, 15) is 14.0 Å². The molecule has 0 atom stereocenters. The van der Waals surface area contributed by atoms with Crippen molar-refractivity contribution in [2.75, 3.05) is 5.32 Å². The Kier molecular flexibility index (Phi) is 3.00. The van der Waals surface area contributed by atoms with Gasteiger partial charge in [0.1, 0.15) is 5.82 Å². The summed E-state index contributed by atoms with van der Waals surface area (Å²) in [6, 6.07) is 3.49. The molecule has 0 aliphatic heterocycles. The van der Waals surface area contributed by atoms with Crippen LogP contribution in [-0.4, -0.2) is 27.2 Å². The standard InChI is InChI=1S/C10H8FN5O2/c11-7-2-1-5(3-6(7)9(12)17)14-10(18)8-4-13-16-15-8/h1-4H,(H2,12,17)(H,14,18)(H,13,15,16). The highest BCUT2D eigenvalue weighted by Crippen LogP contribution is 2.14. The molecule has 0 fully saturated rings. The number of amides is 2. The van der Waals surface area contributed by atoms with Crippen LogP contribution in [0, 0.1) is 5.82 Å². The minimum Gasteiger partial charge on any atom is -0.366 e. The molecule has 0 saturated carbocycles. The molecule has 0 aliphatic rings. The molecule has 0 saturated heterocycles. The maximum Gasteiger partial charge on any atom is 0.277 e. The van der Waals surface area contributed by atoms with E-state index in [0.29, 0.717) is 0 Å². The molecule has 2 rings (SSSR count). The van der Waals surface area contributed by atoms with Crippen molar-refractivity contribution in [1.29, 1.82) is 0 Å². The van der Waals surface area contributed by atoms with Crippen molar-refractivity contribution >= 4 is 17.5 Å². The van der Waals surface area contributed by atoms with Crippen molar-refractivity contribution in [1.82, 2.24) is 15.4 Å². The van der Waals surface area contributed by atoms with Gasteiger partial charge in [-0.05, 0) is 18.2 Å². The van der Waals surface area contributed by atoms with Gasteiger partial charge in [0.25, 0.3) is 11.8 Å². The second kappa shape index (κ2) is 4.62. The fraction of sp³-hybridized carbons (Fsp3) is 0. The van der Waals surface area contributed by atoms with Crippen molar-refractivity contribution in [2.45, 2.75) is 0 Å². The molecule has 1 aromatic carbocycles. The SMILES string of the molecule is NC(=O)c1cc(NC(=O)c2cn[nH]n2)ccc1F. The highest BCUT2D eigenvalue weighted by Gasteiger charge is 2.12. The Morgan fingerprint density at radius 1 is 1.39 bits per heavy atom. The van der Waals surface area contributed by atoms with E-state index in [-0.39, 0.29) is 16.9 Å². The monoisotopic (exact) mass is 249 g/mol. The summed E-state index contributed by atoms with van der Waals surface area (Å²) in [5, 5.41) is 11.8. The molecule has 0 unspecified atom stereocenters. The molecular weight excluding hydrogens is 241 g/mol. The number of rotatable bonds is 3. The Morgan fingerprint density at radius 2 is 2.17 bits per heavy atom. The Bertz CT molecular complexity index is 596. The number of anilines is 1. The van der Waals surface area contributed by atoms with E-state index >= 15 is 0 Å². The lowest BCUT2D eigenvalue weighted by Gasteiger charge is -2.05. The Labute approximate surface area is 100 Å². The number of aromatic amines is 1. The summed E-state index contributed by atoms with van der Waals surface area (Å²) in [6.07, 6.45) is 1.23. The van der Waals surface area contributed by atoms with Crippen molar-refractivity contribution in [2.24, 2.45) is 5.73 Å². The fourth-order valence-corrected chi connectivity index (χ4v) is 1.30. The van der Waals surface area contributed by atoms with Crippen molar-refractivity contribution in [3.63, 3.8) is 0 Å². The van der Waals surface area contributed by atoms with Gasteiger partial charge in [-0.25, -0.2) is 4.39 Å². The van der Waals surface area contributed by atoms with Gasteiger partial charge < -0.3 is 11.1 Å². The van der Waals surface area contributed by atoms with Crippen LogP contribution in [0.3, 0.4) is 0 Å². The quantitative estimate of drug-likeness (QED) is 0.725. The fourth-order valence-electron chi connectivity index (χ4n) is 1.30. The summed E-state index contributed by atoms with van der Waals surface area (Å²) in [4.78, 5) is 22.5. The summed E-state index contributed by atoms with van der Waals surface area (Å²) in [7, 11) is 0. The summed E-state index contributed by atoms with van der Waals surface area (Å²) >= 11 is 0. The lowest BCUT2D eigenvalue weighted by Crippen LogP contribution is -2.16. The number of carbonyl (C=O) groups is 2. The molecule has 0 spiro atoms. The average molecular weight is 249 g/mol. The number of benzene rings is 1. The molecule has 8 heteroatoms. The number of aromatic nitrogens is 3. The molecule has 2 amide bonds. The third kappa shape index (κ3) is 2.32. The van der Waals surface area contributed by atoms with Crippen LogP contribution in [0.4, 0.5) is 10.1 Å². The van der Waals surface area contributed by atoms with E-state index in [4.69, 9.17) is 5.73 Å². The first-order chi connectivity index (χ1) is 8.58. The predicted octanol–water partition coefficient (Wildman–Crippen LogP) is 0.295. The van der Waals surface area contributed by atoms with Crippen LogP contribution in [0.5, 0.6) is 0 Å². The molecular formula is C10H8FN5O2. The molecule has 2 aromatic rings. The van der Waals surface area contributed by atoms with Gasteiger partial charge in [-0.15, -0.1) is 0 Å². The molecule has 1 aromatic heterocycles. The van der Waals surface area contributed by atoms with E-state index in [1.54, 1.807) is 0 Å². The van der Waals surface area contributed by atoms with Gasteiger partial charge in [-0.3, -0.25) is 9.59 Å². The van der Waals surface area contributed by atoms with Crippen molar-refractivity contribution in [3.05, 3.63) is 41.5 Å². The van der Waals surface area contributed by atoms with Crippen molar-refractivity contribution < 1.29 is 14.0 Å². The molecule has 0 aliphatic carbocycles. The van der Waals surface area contributed by atoms with E-state index in [2.05, 4.69) is 20.7 Å². The van der Waals surface area contributed by atoms with E-state index in [0.717, 1.165) is 12.1 Å². The van der Waals surface area contributed by atoms with Gasteiger partial charge in [-0.2, -0.15) is 15.4 Å². The van der Waals surface area contributed by atoms with Gasteiger partial charge in [0.2, 0.25) is 0 Å². The highest BCUT2D eigenvalue weighted by atomic mass is 19.1. The van der Waals surface area contributed by atoms with Crippen LogP contribution in [0.15, 0.2) is 24.4 Å². The lowest BCUT2D eigenvalue weighted by molar-refractivity contribution is 0.0992. The normalized spacial score (nSPS) is 10.1. The predicted molar refractivity (Wildman–Crippen MR) is 59.3 cm³/mol. The molecule has 0 bridgehead atoms. The first-order valence-electron chi connectivity index (χ1n) is 4.84. The zero-order valence-corrected chi connectivity index (χ0v) is 8.98. The molecule has 7 nitrogen and oxygen atoms in total. The number of nitrogens with one attached hydrogen (secondary N) is 2. The largest absolute Gasteiger partial charge is 0.366 e. The lowest BCUT2D eigenvalue weighted by atomic mass is 10.1. The smallest absolute Gasteiger partial charge is 0.277 e. The maximum absolute atomic E-state index is 13.2. The van der Waals surface area contributed by atoms with Crippen LogP contribution in [0.25, 0.3) is 0 Å². The van der Waals surface area contributed by atoms with Crippen LogP contribution < -0.4 is 11.1 Å². The summed E-state index contributed by atoms with van der Waals surface area (Å²) in [6.45, 7) is 0. The molecule has 92 valence electrons. The first-order valence-corrected chi connectivity index (χ1v) is 4.84. The number of nitrogens with zero attached hydrogens (tertiary/aromatic N) is 2. The van der Waals surface area contributed by atoms with Crippen molar-refractivity contribution in [3.8, 4) is 0 Å². The van der Waals surface area contributed by atoms with E-state index in [1.807, 2.05) is 0 Å². The first kappa shape index (κ1) is 11.7. The third-order valence-corrected chi connectivity index (χ3v) is 2.14. The van der Waals surface area contributed by atoms with Crippen LogP contribution in [-0.2, 0) is 0 Å².